The number of rotatable bonds is 5. The molecule has 0 aromatic heterocycles. The number of nitrogens with one attached hydrogen (secondary N) is 2. The molecule has 94 valence electrons. The molecule has 2 unspecified atom stereocenters. The van der Waals surface area contributed by atoms with Crippen LogP contribution in [0.25, 0.3) is 0 Å². The highest BCUT2D eigenvalue weighted by Gasteiger charge is 2.19. The van der Waals surface area contributed by atoms with Gasteiger partial charge in [-0.25, -0.2) is 0 Å². The molecule has 0 aromatic rings. The second-order valence-electron chi connectivity index (χ2n) is 4.40. The topological polar surface area (TPSA) is 53.6 Å². The zero-order chi connectivity index (χ0) is 12.0. The average molecular weight is 229 g/mol. The Morgan fingerprint density at radius 1 is 1.69 bits per heavy atom. The van der Waals surface area contributed by atoms with Gasteiger partial charge in [0.15, 0.2) is 0 Å². The van der Waals surface area contributed by atoms with E-state index in [0.717, 1.165) is 26.2 Å². The van der Waals surface area contributed by atoms with Gasteiger partial charge in [-0.2, -0.15) is 0 Å². The predicted octanol–water partition coefficient (Wildman–Crippen LogP) is -0.569. The number of carbonyl (C=O) groups is 1. The first kappa shape index (κ1) is 13.4. The van der Waals surface area contributed by atoms with Crippen molar-refractivity contribution in [2.45, 2.75) is 25.4 Å². The van der Waals surface area contributed by atoms with Gasteiger partial charge in [0, 0.05) is 25.7 Å². The zero-order valence-corrected chi connectivity index (χ0v) is 10.5. The van der Waals surface area contributed by atoms with Crippen molar-refractivity contribution >= 4 is 5.91 Å². The number of carbonyl (C=O) groups excluding carboxylic acids is 1. The maximum absolute atomic E-state index is 11.2. The molecule has 5 heteroatoms. The van der Waals surface area contributed by atoms with E-state index in [2.05, 4.69) is 22.5 Å². The van der Waals surface area contributed by atoms with Crippen molar-refractivity contribution in [1.29, 1.82) is 0 Å². The van der Waals surface area contributed by atoms with E-state index in [-0.39, 0.29) is 5.91 Å². The van der Waals surface area contributed by atoms with E-state index in [4.69, 9.17) is 4.74 Å². The molecule has 1 aliphatic rings. The Morgan fingerprint density at radius 2 is 2.44 bits per heavy atom. The van der Waals surface area contributed by atoms with Crippen molar-refractivity contribution in [2.24, 2.45) is 0 Å². The first-order chi connectivity index (χ1) is 7.63. The number of likely N-dealkylation sites (N-methyl/N-ethyl adjacent to an activating group) is 2. The van der Waals surface area contributed by atoms with Crippen LogP contribution in [0.1, 0.15) is 13.3 Å². The van der Waals surface area contributed by atoms with Gasteiger partial charge in [-0.05, 0) is 20.4 Å². The molecule has 0 spiro atoms. The van der Waals surface area contributed by atoms with Crippen LogP contribution in [0.3, 0.4) is 0 Å². The maximum Gasteiger partial charge on any atom is 0.233 e. The van der Waals surface area contributed by atoms with Crippen molar-refractivity contribution in [2.75, 3.05) is 40.4 Å². The zero-order valence-electron chi connectivity index (χ0n) is 10.5. The highest BCUT2D eigenvalue weighted by Crippen LogP contribution is 2.07. The molecular formula is C11H23N3O2. The Kier molecular flexibility index (Phi) is 5.73. The lowest BCUT2D eigenvalue weighted by atomic mass is 10.1. The van der Waals surface area contributed by atoms with E-state index in [1.165, 1.54) is 0 Å². The van der Waals surface area contributed by atoms with Crippen LogP contribution in [-0.2, 0) is 9.53 Å². The summed E-state index contributed by atoms with van der Waals surface area (Å²) in [7, 11) is 3.64. The van der Waals surface area contributed by atoms with Crippen LogP contribution in [0.5, 0.6) is 0 Å². The first-order valence-corrected chi connectivity index (χ1v) is 5.85. The number of hydrogen-bond donors (Lipinski definition) is 2. The second-order valence-corrected chi connectivity index (χ2v) is 4.40. The van der Waals surface area contributed by atoms with Gasteiger partial charge in [-0.3, -0.25) is 9.69 Å². The molecule has 1 rings (SSSR count). The lowest BCUT2D eigenvalue weighted by Gasteiger charge is -2.30. The fourth-order valence-electron chi connectivity index (χ4n) is 1.82. The van der Waals surface area contributed by atoms with E-state index in [1.54, 1.807) is 7.05 Å². The second kappa shape index (κ2) is 6.83. The van der Waals surface area contributed by atoms with Gasteiger partial charge in [0.1, 0.15) is 0 Å². The molecule has 1 amide bonds. The van der Waals surface area contributed by atoms with Gasteiger partial charge in [-0.1, -0.05) is 0 Å². The van der Waals surface area contributed by atoms with Gasteiger partial charge < -0.3 is 15.4 Å². The largest absolute Gasteiger partial charge is 0.379 e. The van der Waals surface area contributed by atoms with Gasteiger partial charge in [0.05, 0.1) is 19.8 Å². The standard InChI is InChI=1S/C11H23N3O2/c1-9(14(3)7-11(15)12-2)6-10-8-16-5-4-13-10/h9-10,13H,4-8H2,1-3H3,(H,12,15). The summed E-state index contributed by atoms with van der Waals surface area (Å²) in [6.07, 6.45) is 1.01. The van der Waals surface area contributed by atoms with Crippen LogP contribution < -0.4 is 10.6 Å². The van der Waals surface area contributed by atoms with E-state index >= 15 is 0 Å². The molecule has 1 fully saturated rings. The predicted molar refractivity (Wildman–Crippen MR) is 63.4 cm³/mol. The summed E-state index contributed by atoms with van der Waals surface area (Å²) in [6, 6.07) is 0.785. The molecule has 0 bridgehead atoms. The minimum absolute atomic E-state index is 0.0576. The molecular weight excluding hydrogens is 206 g/mol. The maximum atomic E-state index is 11.2. The molecule has 5 nitrogen and oxygen atoms in total. The Labute approximate surface area is 97.5 Å². The molecule has 2 atom stereocenters. The van der Waals surface area contributed by atoms with E-state index in [0.29, 0.717) is 18.6 Å². The SMILES string of the molecule is CNC(=O)CN(C)C(C)CC1COCCN1. The van der Waals surface area contributed by atoms with Gasteiger partial charge in [0.25, 0.3) is 0 Å². The molecule has 0 saturated carbocycles. The number of nitrogens with zero attached hydrogens (tertiary/aromatic N) is 1. The summed E-state index contributed by atoms with van der Waals surface area (Å²) in [5.41, 5.74) is 0. The summed E-state index contributed by atoms with van der Waals surface area (Å²) in [6.45, 7) is 5.10. The number of amides is 1. The van der Waals surface area contributed by atoms with Crippen LogP contribution in [0.2, 0.25) is 0 Å². The summed E-state index contributed by atoms with van der Waals surface area (Å²) in [4.78, 5) is 13.3. The fraction of sp³-hybridized carbons (Fsp3) is 0.909. The van der Waals surface area contributed by atoms with Crippen LogP contribution in [0, 0.1) is 0 Å². The average Bonchev–Trinajstić information content (AvgIpc) is 2.30. The minimum atomic E-state index is 0.0576. The van der Waals surface area contributed by atoms with Crippen molar-refractivity contribution in [3.05, 3.63) is 0 Å². The Bertz CT molecular complexity index is 217. The third-order valence-corrected chi connectivity index (χ3v) is 3.05. The Hall–Kier alpha value is -0.650. The fourth-order valence-corrected chi connectivity index (χ4v) is 1.82. The lowest BCUT2D eigenvalue weighted by molar-refractivity contribution is -0.121. The van der Waals surface area contributed by atoms with Crippen molar-refractivity contribution < 1.29 is 9.53 Å². The molecule has 16 heavy (non-hydrogen) atoms. The van der Waals surface area contributed by atoms with Gasteiger partial charge in [-0.15, -0.1) is 0 Å². The van der Waals surface area contributed by atoms with Crippen LogP contribution in [-0.4, -0.2) is 63.3 Å². The highest BCUT2D eigenvalue weighted by atomic mass is 16.5. The molecule has 1 aliphatic heterocycles. The van der Waals surface area contributed by atoms with Gasteiger partial charge >= 0.3 is 0 Å². The van der Waals surface area contributed by atoms with Crippen LogP contribution in [0.15, 0.2) is 0 Å². The molecule has 0 aromatic carbocycles. The van der Waals surface area contributed by atoms with Crippen molar-refractivity contribution in [1.82, 2.24) is 15.5 Å². The molecule has 0 radical (unpaired) electrons. The summed E-state index contributed by atoms with van der Waals surface area (Å²) in [5, 5.41) is 6.05. The molecule has 2 N–H and O–H groups in total. The van der Waals surface area contributed by atoms with Gasteiger partial charge in [0.2, 0.25) is 5.91 Å². The smallest absolute Gasteiger partial charge is 0.233 e. The molecule has 1 heterocycles. The van der Waals surface area contributed by atoms with E-state index in [1.807, 2.05) is 7.05 Å². The van der Waals surface area contributed by atoms with E-state index < -0.39 is 0 Å². The number of hydrogen-bond acceptors (Lipinski definition) is 4. The molecule has 0 aliphatic carbocycles. The lowest BCUT2D eigenvalue weighted by Crippen LogP contribution is -2.46. The summed E-state index contributed by atoms with van der Waals surface area (Å²) < 4.78 is 5.40. The normalized spacial score (nSPS) is 23.1. The minimum Gasteiger partial charge on any atom is -0.379 e. The monoisotopic (exact) mass is 229 g/mol. The van der Waals surface area contributed by atoms with Crippen molar-refractivity contribution in [3.63, 3.8) is 0 Å². The third-order valence-electron chi connectivity index (χ3n) is 3.05. The first-order valence-electron chi connectivity index (χ1n) is 5.85. The number of morpholine rings is 1. The number of ether oxygens (including phenoxy) is 1. The van der Waals surface area contributed by atoms with E-state index in [9.17, 15) is 4.79 Å². The Morgan fingerprint density at radius 3 is 3.00 bits per heavy atom. The summed E-state index contributed by atoms with van der Waals surface area (Å²) >= 11 is 0. The van der Waals surface area contributed by atoms with Crippen molar-refractivity contribution in [3.8, 4) is 0 Å². The quantitative estimate of drug-likeness (QED) is 0.663. The third kappa shape index (κ3) is 4.47. The Balaban J connectivity index is 2.26. The summed E-state index contributed by atoms with van der Waals surface area (Å²) in [5.74, 6) is 0.0576. The van der Waals surface area contributed by atoms with Crippen LogP contribution >= 0.6 is 0 Å². The van der Waals surface area contributed by atoms with Crippen LogP contribution in [0.4, 0.5) is 0 Å². The molecule has 1 saturated heterocycles. The highest BCUT2D eigenvalue weighted by molar-refractivity contribution is 5.77.